The maximum Gasteiger partial charge on any atom is 0.238 e. The highest BCUT2D eigenvalue weighted by Gasteiger charge is 2.20. The number of carbonyl (C=O) groups excluding carboxylic acids is 2. The summed E-state index contributed by atoms with van der Waals surface area (Å²) in [4.78, 5) is 27.3. The van der Waals surface area contributed by atoms with Crippen LogP contribution in [0.15, 0.2) is 12.1 Å². The highest BCUT2D eigenvalue weighted by molar-refractivity contribution is 6.34. The van der Waals surface area contributed by atoms with Gasteiger partial charge in [0.1, 0.15) is 0 Å². The molecule has 6 heteroatoms. The standard InChI is InChI=1S/C16H22ClN3O2/c1-11-8-12(2)16(14(17)9-11)18-15(22)10-19-4-6-20(7-5-19)13(3)21/h8-9H,4-7,10H2,1-3H3,(H,18,22). The van der Waals surface area contributed by atoms with Crippen molar-refractivity contribution in [3.63, 3.8) is 0 Å². The van der Waals surface area contributed by atoms with Crippen LogP contribution < -0.4 is 5.32 Å². The Kier molecular flexibility index (Phi) is 5.42. The molecule has 1 N–H and O–H groups in total. The smallest absolute Gasteiger partial charge is 0.238 e. The van der Waals surface area contributed by atoms with E-state index in [1.165, 1.54) is 0 Å². The fourth-order valence-corrected chi connectivity index (χ4v) is 3.05. The number of nitrogens with zero attached hydrogens (tertiary/aromatic N) is 2. The average Bonchev–Trinajstić information content (AvgIpc) is 2.43. The molecule has 0 unspecified atom stereocenters. The highest BCUT2D eigenvalue weighted by Crippen LogP contribution is 2.27. The first-order chi connectivity index (χ1) is 10.4. The lowest BCUT2D eigenvalue weighted by Gasteiger charge is -2.33. The summed E-state index contributed by atoms with van der Waals surface area (Å²) in [6, 6.07) is 3.84. The van der Waals surface area contributed by atoms with E-state index in [2.05, 4.69) is 5.32 Å². The first-order valence-electron chi connectivity index (χ1n) is 7.41. The maximum absolute atomic E-state index is 12.2. The van der Waals surface area contributed by atoms with Crippen molar-refractivity contribution in [3.8, 4) is 0 Å². The van der Waals surface area contributed by atoms with Crippen molar-refractivity contribution in [3.05, 3.63) is 28.3 Å². The summed E-state index contributed by atoms with van der Waals surface area (Å²) in [7, 11) is 0. The molecule has 0 aliphatic carbocycles. The SMILES string of the molecule is CC(=O)N1CCN(CC(=O)Nc2c(C)cc(C)cc2Cl)CC1. The molecule has 1 aliphatic rings. The number of aryl methyl sites for hydroxylation is 2. The number of carbonyl (C=O) groups is 2. The number of rotatable bonds is 3. The zero-order valence-electron chi connectivity index (χ0n) is 13.3. The van der Waals surface area contributed by atoms with Crippen molar-refractivity contribution in [2.45, 2.75) is 20.8 Å². The number of nitrogens with one attached hydrogen (secondary N) is 1. The zero-order valence-corrected chi connectivity index (χ0v) is 14.0. The fraction of sp³-hybridized carbons (Fsp3) is 0.500. The van der Waals surface area contributed by atoms with Gasteiger partial charge in [0.25, 0.3) is 0 Å². The summed E-state index contributed by atoms with van der Waals surface area (Å²) >= 11 is 6.20. The van der Waals surface area contributed by atoms with Gasteiger partial charge < -0.3 is 10.2 Å². The van der Waals surface area contributed by atoms with E-state index in [4.69, 9.17) is 11.6 Å². The molecule has 1 heterocycles. The van der Waals surface area contributed by atoms with Crippen molar-refractivity contribution in [1.82, 2.24) is 9.80 Å². The van der Waals surface area contributed by atoms with Crippen molar-refractivity contribution in [2.75, 3.05) is 38.0 Å². The molecular weight excluding hydrogens is 302 g/mol. The van der Waals surface area contributed by atoms with Crippen LogP contribution in [-0.4, -0.2) is 54.3 Å². The zero-order chi connectivity index (χ0) is 16.3. The molecule has 1 saturated heterocycles. The van der Waals surface area contributed by atoms with Crippen LogP contribution in [0.4, 0.5) is 5.69 Å². The van der Waals surface area contributed by atoms with Gasteiger partial charge in [0, 0.05) is 33.1 Å². The molecule has 22 heavy (non-hydrogen) atoms. The lowest BCUT2D eigenvalue weighted by atomic mass is 10.1. The van der Waals surface area contributed by atoms with Gasteiger partial charge in [0.2, 0.25) is 11.8 Å². The molecule has 1 fully saturated rings. The van der Waals surface area contributed by atoms with E-state index in [1.807, 2.05) is 30.9 Å². The van der Waals surface area contributed by atoms with Crippen LogP contribution in [0.1, 0.15) is 18.1 Å². The molecule has 1 aromatic rings. The second-order valence-corrected chi connectivity index (χ2v) is 6.18. The molecule has 0 aromatic heterocycles. The van der Waals surface area contributed by atoms with Crippen LogP contribution in [0.2, 0.25) is 5.02 Å². The lowest BCUT2D eigenvalue weighted by molar-refractivity contribution is -0.130. The minimum atomic E-state index is -0.0786. The van der Waals surface area contributed by atoms with Gasteiger partial charge in [-0.3, -0.25) is 14.5 Å². The number of amides is 2. The topological polar surface area (TPSA) is 52.7 Å². The molecule has 1 aliphatic heterocycles. The number of benzene rings is 1. The third kappa shape index (κ3) is 4.21. The van der Waals surface area contributed by atoms with Crippen molar-refractivity contribution < 1.29 is 9.59 Å². The Hall–Kier alpha value is -1.59. The van der Waals surface area contributed by atoms with Crippen LogP contribution in [0, 0.1) is 13.8 Å². The minimum absolute atomic E-state index is 0.0786. The molecule has 2 rings (SSSR count). The molecule has 120 valence electrons. The van der Waals surface area contributed by atoms with Crippen LogP contribution >= 0.6 is 11.6 Å². The van der Waals surface area contributed by atoms with Crippen LogP contribution in [0.3, 0.4) is 0 Å². The van der Waals surface area contributed by atoms with E-state index in [1.54, 1.807) is 11.8 Å². The average molecular weight is 324 g/mol. The van der Waals surface area contributed by atoms with Gasteiger partial charge in [-0.1, -0.05) is 17.7 Å². The largest absolute Gasteiger partial charge is 0.340 e. The van der Waals surface area contributed by atoms with Gasteiger partial charge in [-0.25, -0.2) is 0 Å². The summed E-state index contributed by atoms with van der Waals surface area (Å²) in [6.45, 7) is 8.57. The van der Waals surface area contributed by atoms with Crippen LogP contribution in [0.25, 0.3) is 0 Å². The Bertz CT molecular complexity index is 558. The molecule has 1 aromatic carbocycles. The Morgan fingerprint density at radius 1 is 1.18 bits per heavy atom. The molecule has 5 nitrogen and oxygen atoms in total. The molecule has 0 bridgehead atoms. The summed E-state index contributed by atoms with van der Waals surface area (Å²) in [5.41, 5.74) is 2.71. The number of anilines is 1. The molecule has 0 atom stereocenters. The Morgan fingerprint density at radius 2 is 1.82 bits per heavy atom. The molecule has 2 amide bonds. The summed E-state index contributed by atoms with van der Waals surface area (Å²) in [5.74, 6) is 0.0105. The maximum atomic E-state index is 12.2. The number of hydrogen-bond acceptors (Lipinski definition) is 3. The van der Waals surface area contributed by atoms with E-state index in [0.717, 1.165) is 11.1 Å². The summed E-state index contributed by atoms with van der Waals surface area (Å²) in [5, 5.41) is 3.46. The Morgan fingerprint density at radius 3 is 2.36 bits per heavy atom. The third-order valence-corrected chi connectivity index (χ3v) is 4.18. The third-order valence-electron chi connectivity index (χ3n) is 3.88. The normalized spacial score (nSPS) is 15.7. The summed E-state index contributed by atoms with van der Waals surface area (Å²) < 4.78 is 0. The van der Waals surface area contributed by atoms with Gasteiger partial charge in [0.05, 0.1) is 17.3 Å². The van der Waals surface area contributed by atoms with E-state index < -0.39 is 0 Å². The van der Waals surface area contributed by atoms with Crippen LogP contribution in [0.5, 0.6) is 0 Å². The molecule has 0 spiro atoms. The minimum Gasteiger partial charge on any atom is -0.340 e. The quantitative estimate of drug-likeness (QED) is 0.926. The first-order valence-corrected chi connectivity index (χ1v) is 7.79. The van der Waals surface area contributed by atoms with E-state index in [9.17, 15) is 9.59 Å². The van der Waals surface area contributed by atoms with Gasteiger partial charge in [0.15, 0.2) is 0 Å². The van der Waals surface area contributed by atoms with Gasteiger partial charge in [-0.05, 0) is 31.0 Å². The van der Waals surface area contributed by atoms with Crippen molar-refractivity contribution in [1.29, 1.82) is 0 Å². The number of piperazine rings is 1. The van der Waals surface area contributed by atoms with E-state index >= 15 is 0 Å². The van der Waals surface area contributed by atoms with E-state index in [0.29, 0.717) is 43.4 Å². The van der Waals surface area contributed by atoms with Crippen molar-refractivity contribution >= 4 is 29.1 Å². The predicted molar refractivity (Wildman–Crippen MR) is 88.2 cm³/mol. The molecular formula is C16H22ClN3O2. The molecule has 0 saturated carbocycles. The summed E-state index contributed by atoms with van der Waals surface area (Å²) in [6.07, 6.45) is 0. The number of hydrogen-bond donors (Lipinski definition) is 1. The van der Waals surface area contributed by atoms with Gasteiger partial charge >= 0.3 is 0 Å². The van der Waals surface area contributed by atoms with Crippen LogP contribution in [-0.2, 0) is 9.59 Å². The highest BCUT2D eigenvalue weighted by atomic mass is 35.5. The van der Waals surface area contributed by atoms with Gasteiger partial charge in [-0.15, -0.1) is 0 Å². The van der Waals surface area contributed by atoms with E-state index in [-0.39, 0.29) is 11.8 Å². The first kappa shape index (κ1) is 16.8. The second kappa shape index (κ2) is 7.11. The number of halogens is 1. The van der Waals surface area contributed by atoms with Crippen molar-refractivity contribution in [2.24, 2.45) is 0 Å². The second-order valence-electron chi connectivity index (χ2n) is 5.77. The lowest BCUT2D eigenvalue weighted by Crippen LogP contribution is -2.49. The fourth-order valence-electron chi connectivity index (χ4n) is 2.68. The monoisotopic (exact) mass is 323 g/mol. The Balaban J connectivity index is 1.90. The molecule has 0 radical (unpaired) electrons. The predicted octanol–water partition coefficient (Wildman–Crippen LogP) is 2.06. The Labute approximate surface area is 136 Å². The van der Waals surface area contributed by atoms with Gasteiger partial charge in [-0.2, -0.15) is 0 Å².